The predicted octanol–water partition coefficient (Wildman–Crippen LogP) is 6.46. The Hall–Kier alpha value is -3.72. The highest BCUT2D eigenvalue weighted by Crippen LogP contribution is 2.27. The number of aromatic nitrogens is 1. The maximum Gasteiger partial charge on any atom is 0.410 e. The van der Waals surface area contributed by atoms with Crippen molar-refractivity contribution >= 4 is 30.5 Å². The molecule has 1 aromatic heterocycles. The van der Waals surface area contributed by atoms with Crippen LogP contribution in [0.3, 0.4) is 0 Å². The highest BCUT2D eigenvalue weighted by Gasteiger charge is 2.27. The molecule has 0 saturated carbocycles. The lowest BCUT2D eigenvalue weighted by molar-refractivity contribution is -0.122. The van der Waals surface area contributed by atoms with Gasteiger partial charge in [0, 0.05) is 49.5 Å². The number of nitrogens with zero attached hydrogens (tertiary/aromatic N) is 4. The fourth-order valence-corrected chi connectivity index (χ4v) is 5.89. The number of anilines is 1. The predicted molar refractivity (Wildman–Crippen MR) is 184 cm³/mol. The summed E-state index contributed by atoms with van der Waals surface area (Å²) in [6, 6.07) is 10.5. The topological polar surface area (TPSA) is 99.2 Å². The fourth-order valence-electron chi connectivity index (χ4n) is 5.89. The van der Waals surface area contributed by atoms with Crippen LogP contribution in [0, 0.1) is 6.92 Å². The molecule has 9 nitrogen and oxygen atoms in total. The molecule has 2 aliphatic heterocycles. The van der Waals surface area contributed by atoms with Crippen molar-refractivity contribution in [2.24, 2.45) is 4.99 Å². The Balaban J connectivity index is 1.29. The average Bonchev–Trinajstić information content (AvgIpc) is 3.02. The number of carbonyl (C=O) groups is 2. The second-order valence-corrected chi connectivity index (χ2v) is 13.3. The number of pyridine rings is 1. The van der Waals surface area contributed by atoms with Crippen molar-refractivity contribution in [2.45, 2.75) is 90.7 Å². The summed E-state index contributed by atoms with van der Waals surface area (Å²) in [6.07, 6.45) is 10.9. The zero-order chi connectivity index (χ0) is 32.2. The van der Waals surface area contributed by atoms with Gasteiger partial charge in [-0.1, -0.05) is 30.7 Å². The molecule has 0 aliphatic carbocycles. The average molecular weight is 617 g/mol. The molecule has 1 aromatic carbocycles. The number of amides is 2. The van der Waals surface area contributed by atoms with Crippen LogP contribution < -0.4 is 10.6 Å². The van der Waals surface area contributed by atoms with Gasteiger partial charge in [0.2, 0.25) is 5.91 Å². The monoisotopic (exact) mass is 616 g/mol. The quantitative estimate of drug-likeness (QED) is 0.210. The maximum atomic E-state index is 12.7. The van der Waals surface area contributed by atoms with Gasteiger partial charge < -0.3 is 25.2 Å². The SMILES string of the molecule is C=N/C=C\c1nc(-c2ccc(CCC(=O)NC3CCN(C(=O)OC(C)(C)C)CC3)cc2)cc(NCCCN2CCCCC2)c1C. The number of hydrogen-bond acceptors (Lipinski definition) is 7. The summed E-state index contributed by atoms with van der Waals surface area (Å²) in [7, 11) is 0. The first-order valence-electron chi connectivity index (χ1n) is 16.6. The molecule has 9 heteroatoms. The van der Waals surface area contributed by atoms with Gasteiger partial charge in [-0.25, -0.2) is 9.78 Å². The second-order valence-electron chi connectivity index (χ2n) is 13.3. The molecule has 2 fully saturated rings. The van der Waals surface area contributed by atoms with Crippen molar-refractivity contribution in [1.82, 2.24) is 20.1 Å². The largest absolute Gasteiger partial charge is 0.444 e. The Morgan fingerprint density at radius 2 is 1.80 bits per heavy atom. The number of piperidine rings is 2. The van der Waals surface area contributed by atoms with E-state index in [2.05, 4.69) is 64.5 Å². The van der Waals surface area contributed by atoms with Gasteiger partial charge >= 0.3 is 6.09 Å². The summed E-state index contributed by atoms with van der Waals surface area (Å²) in [5.41, 5.74) is 5.56. The number of benzene rings is 1. The molecule has 2 aromatic rings. The Morgan fingerprint density at radius 1 is 1.09 bits per heavy atom. The van der Waals surface area contributed by atoms with Crippen LogP contribution in [0.5, 0.6) is 0 Å². The van der Waals surface area contributed by atoms with E-state index in [1.165, 1.54) is 32.4 Å². The van der Waals surface area contributed by atoms with E-state index < -0.39 is 5.60 Å². The van der Waals surface area contributed by atoms with Gasteiger partial charge in [0.15, 0.2) is 0 Å². The minimum absolute atomic E-state index is 0.0401. The van der Waals surface area contributed by atoms with Crippen molar-refractivity contribution in [3.05, 3.63) is 53.4 Å². The fraction of sp³-hybridized carbons (Fsp3) is 0.556. The van der Waals surface area contributed by atoms with Crippen LogP contribution in [0.15, 0.2) is 41.5 Å². The molecule has 244 valence electrons. The standard InChI is InChI=1S/C36H52N6O3/c1-27-31(16-20-37-5)40-33(26-32(27)38-19-9-23-41-21-7-6-8-22-41)29-13-10-28(11-14-29)12-15-34(43)39-30-17-24-42(25-18-30)35(44)45-36(2,3)4/h10-11,13-14,16,20,26,30H,5-9,12,15,17-19,21-25H2,1-4H3,(H,38,40)(H,39,43)/b20-16-. The molecule has 0 spiro atoms. The zero-order valence-electron chi connectivity index (χ0n) is 27.7. The van der Waals surface area contributed by atoms with Crippen molar-refractivity contribution in [2.75, 3.05) is 44.6 Å². The lowest BCUT2D eigenvalue weighted by atomic mass is 10.0. The van der Waals surface area contributed by atoms with Crippen molar-refractivity contribution in [3.8, 4) is 11.3 Å². The highest BCUT2D eigenvalue weighted by molar-refractivity contribution is 5.77. The molecule has 45 heavy (non-hydrogen) atoms. The van der Waals surface area contributed by atoms with Gasteiger partial charge in [0.05, 0.1) is 11.4 Å². The van der Waals surface area contributed by atoms with Crippen molar-refractivity contribution in [3.63, 3.8) is 0 Å². The number of hydrogen-bond donors (Lipinski definition) is 2. The van der Waals surface area contributed by atoms with Crippen LogP contribution in [0.1, 0.15) is 82.5 Å². The Morgan fingerprint density at radius 3 is 2.47 bits per heavy atom. The van der Waals surface area contributed by atoms with Gasteiger partial charge in [-0.2, -0.15) is 0 Å². The third-order valence-electron chi connectivity index (χ3n) is 8.47. The summed E-state index contributed by atoms with van der Waals surface area (Å²) in [4.78, 5) is 38.1. The van der Waals surface area contributed by atoms with E-state index in [-0.39, 0.29) is 18.0 Å². The van der Waals surface area contributed by atoms with Crippen LogP contribution in [-0.4, -0.2) is 84.4 Å². The first kappa shape index (κ1) is 34.2. The molecule has 2 saturated heterocycles. The van der Waals surface area contributed by atoms with Crippen LogP contribution in [0.2, 0.25) is 0 Å². The van der Waals surface area contributed by atoms with Crippen LogP contribution in [0.25, 0.3) is 17.3 Å². The van der Waals surface area contributed by atoms with Crippen molar-refractivity contribution < 1.29 is 14.3 Å². The maximum absolute atomic E-state index is 12.7. The number of nitrogens with one attached hydrogen (secondary N) is 2. The minimum Gasteiger partial charge on any atom is -0.444 e. The zero-order valence-corrected chi connectivity index (χ0v) is 27.7. The number of ether oxygens (including phenoxy) is 1. The summed E-state index contributed by atoms with van der Waals surface area (Å²) >= 11 is 0. The molecule has 2 aliphatic rings. The number of rotatable bonds is 12. The van der Waals surface area contributed by atoms with E-state index in [1.54, 1.807) is 11.1 Å². The summed E-state index contributed by atoms with van der Waals surface area (Å²) in [5, 5.41) is 6.81. The summed E-state index contributed by atoms with van der Waals surface area (Å²) < 4.78 is 5.47. The summed E-state index contributed by atoms with van der Waals surface area (Å²) in [5.74, 6) is 0.0401. The Kier molecular flexibility index (Phi) is 12.6. The second kappa shape index (κ2) is 16.5. The molecule has 4 rings (SSSR count). The molecule has 2 N–H and O–H groups in total. The van der Waals surface area contributed by atoms with Gasteiger partial charge in [-0.05, 0) is 116 Å². The molecule has 0 unspecified atom stereocenters. The smallest absolute Gasteiger partial charge is 0.410 e. The third kappa shape index (κ3) is 11.0. The first-order chi connectivity index (χ1) is 21.6. The number of likely N-dealkylation sites (tertiary alicyclic amines) is 2. The Bertz CT molecular complexity index is 1300. The normalized spacial score (nSPS) is 16.5. The minimum atomic E-state index is -0.507. The molecule has 3 heterocycles. The van der Waals surface area contributed by atoms with Crippen LogP contribution in [-0.2, 0) is 16.0 Å². The van der Waals surface area contributed by atoms with Gasteiger partial charge in [0.25, 0.3) is 0 Å². The van der Waals surface area contributed by atoms with E-state index in [1.807, 2.05) is 26.8 Å². The van der Waals surface area contributed by atoms with E-state index in [0.29, 0.717) is 25.9 Å². The molecule has 2 amide bonds. The van der Waals surface area contributed by atoms with E-state index in [4.69, 9.17) is 9.72 Å². The Labute approximate surface area is 269 Å². The molecule has 0 bridgehead atoms. The molecule has 0 atom stereocenters. The number of aliphatic imine (C=N–C) groups is 1. The van der Waals surface area contributed by atoms with E-state index in [0.717, 1.165) is 66.1 Å². The van der Waals surface area contributed by atoms with Crippen LogP contribution in [0.4, 0.5) is 10.5 Å². The van der Waals surface area contributed by atoms with Gasteiger partial charge in [-0.15, -0.1) is 0 Å². The third-order valence-corrected chi connectivity index (χ3v) is 8.47. The van der Waals surface area contributed by atoms with Gasteiger partial charge in [-0.3, -0.25) is 9.79 Å². The summed E-state index contributed by atoms with van der Waals surface area (Å²) in [6.45, 7) is 16.9. The lowest BCUT2D eigenvalue weighted by Crippen LogP contribution is -2.47. The van der Waals surface area contributed by atoms with E-state index in [9.17, 15) is 9.59 Å². The first-order valence-corrected chi connectivity index (χ1v) is 16.6. The van der Waals surface area contributed by atoms with Crippen LogP contribution >= 0.6 is 0 Å². The van der Waals surface area contributed by atoms with Crippen molar-refractivity contribution in [1.29, 1.82) is 0 Å². The molecular formula is C36H52N6O3. The molecule has 0 radical (unpaired) electrons. The number of carbonyl (C=O) groups excluding carboxylic acids is 2. The van der Waals surface area contributed by atoms with E-state index >= 15 is 0 Å². The lowest BCUT2D eigenvalue weighted by Gasteiger charge is -2.33. The number of aryl methyl sites for hydroxylation is 1. The molecular weight excluding hydrogens is 564 g/mol. The van der Waals surface area contributed by atoms with Gasteiger partial charge in [0.1, 0.15) is 5.60 Å². The highest BCUT2D eigenvalue weighted by atomic mass is 16.6.